The van der Waals surface area contributed by atoms with Crippen LogP contribution in [0, 0.1) is 6.92 Å². The van der Waals surface area contributed by atoms with E-state index in [2.05, 4.69) is 20.9 Å². The van der Waals surface area contributed by atoms with E-state index >= 15 is 0 Å². The van der Waals surface area contributed by atoms with Crippen LogP contribution in [0.5, 0.6) is 0 Å². The first-order valence-corrected chi connectivity index (χ1v) is 9.95. The van der Waals surface area contributed by atoms with Crippen molar-refractivity contribution < 1.29 is 9.21 Å². The van der Waals surface area contributed by atoms with Gasteiger partial charge in [-0.2, -0.15) is 0 Å². The first-order chi connectivity index (χ1) is 13.5. The minimum absolute atomic E-state index is 0.00750. The van der Waals surface area contributed by atoms with E-state index in [1.807, 2.05) is 55.5 Å². The highest BCUT2D eigenvalue weighted by Gasteiger charge is 2.28. The van der Waals surface area contributed by atoms with Gasteiger partial charge in [0, 0.05) is 15.7 Å². The minimum Gasteiger partial charge on any atom is -0.436 e. The number of hydrogen-bond donors (Lipinski definition) is 0. The van der Waals surface area contributed by atoms with Gasteiger partial charge in [-0.25, -0.2) is 4.98 Å². The number of rotatable bonds is 2. The van der Waals surface area contributed by atoms with Crippen molar-refractivity contribution in [3.63, 3.8) is 0 Å². The summed E-state index contributed by atoms with van der Waals surface area (Å²) >= 11 is 9.79. The van der Waals surface area contributed by atoms with E-state index < -0.39 is 0 Å². The maximum atomic E-state index is 12.8. The fraction of sp³-hybridized carbons (Fsp3) is 0.0909. The maximum Gasteiger partial charge on any atom is 0.258 e. The van der Waals surface area contributed by atoms with Gasteiger partial charge in [-0.15, -0.1) is 0 Å². The molecule has 0 saturated heterocycles. The van der Waals surface area contributed by atoms with E-state index in [9.17, 15) is 4.79 Å². The van der Waals surface area contributed by atoms with Crippen LogP contribution >= 0.6 is 27.5 Å². The van der Waals surface area contributed by atoms with Crippen LogP contribution in [-0.2, 0) is 6.54 Å². The Morgan fingerprint density at radius 1 is 1.11 bits per heavy atom. The monoisotopic (exact) mass is 452 g/mol. The standard InChI is InChI=1S/C22H14BrClN2O2/c1-12-8-15(26-11-13-4-2-3-5-16(13)22(26)27)10-19-20(12)28-21(25-19)17-9-14(23)6-7-18(17)24/h2-10H,11H2,1H3. The Morgan fingerprint density at radius 3 is 2.75 bits per heavy atom. The number of carbonyl (C=O) groups is 1. The summed E-state index contributed by atoms with van der Waals surface area (Å²) < 4.78 is 6.90. The van der Waals surface area contributed by atoms with Gasteiger partial charge in [-0.05, 0) is 54.4 Å². The van der Waals surface area contributed by atoms with Crippen molar-refractivity contribution in [2.75, 3.05) is 4.90 Å². The SMILES string of the molecule is Cc1cc(N2Cc3ccccc3C2=O)cc2nc(-c3cc(Br)ccc3Cl)oc12. The summed E-state index contributed by atoms with van der Waals surface area (Å²) in [5, 5.41) is 0.567. The van der Waals surface area contributed by atoms with Crippen LogP contribution in [0.15, 0.2) is 63.5 Å². The fourth-order valence-corrected chi connectivity index (χ4v) is 4.14. The van der Waals surface area contributed by atoms with Crippen molar-refractivity contribution in [2.24, 2.45) is 0 Å². The highest BCUT2D eigenvalue weighted by Crippen LogP contribution is 2.36. The smallest absolute Gasteiger partial charge is 0.258 e. The van der Waals surface area contributed by atoms with Crippen LogP contribution in [0.1, 0.15) is 21.5 Å². The fourth-order valence-electron chi connectivity index (χ4n) is 3.58. The molecule has 0 unspecified atom stereocenters. The number of halogens is 2. The first-order valence-electron chi connectivity index (χ1n) is 8.77. The average Bonchev–Trinajstić information content (AvgIpc) is 3.26. The van der Waals surface area contributed by atoms with Crippen molar-refractivity contribution in [3.05, 3.63) is 80.8 Å². The van der Waals surface area contributed by atoms with Crippen molar-refractivity contribution in [2.45, 2.75) is 13.5 Å². The number of fused-ring (bicyclic) bond motifs is 2. The molecule has 0 spiro atoms. The number of carbonyl (C=O) groups excluding carboxylic acids is 1. The molecule has 4 nitrogen and oxygen atoms in total. The summed E-state index contributed by atoms with van der Waals surface area (Å²) in [5.74, 6) is 0.464. The Kier molecular flexibility index (Phi) is 4.03. The molecule has 2 heterocycles. The second kappa shape index (κ2) is 6.47. The Labute approximate surface area is 174 Å². The maximum absolute atomic E-state index is 12.8. The Hall–Kier alpha value is -2.63. The third-order valence-corrected chi connectivity index (χ3v) is 5.78. The summed E-state index contributed by atoms with van der Waals surface area (Å²) in [6, 6.07) is 17.1. The van der Waals surface area contributed by atoms with E-state index in [4.69, 9.17) is 16.0 Å². The third-order valence-electron chi connectivity index (χ3n) is 4.95. The molecule has 1 amide bonds. The molecule has 138 valence electrons. The number of hydrogen-bond acceptors (Lipinski definition) is 3. The number of amides is 1. The number of benzene rings is 3. The number of aromatic nitrogens is 1. The van der Waals surface area contributed by atoms with Crippen molar-refractivity contribution in [1.82, 2.24) is 4.98 Å². The molecule has 0 aliphatic carbocycles. The van der Waals surface area contributed by atoms with Crippen LogP contribution in [0.4, 0.5) is 5.69 Å². The molecule has 0 saturated carbocycles. The van der Waals surface area contributed by atoms with Crippen LogP contribution in [0.2, 0.25) is 5.02 Å². The molecule has 0 N–H and O–H groups in total. The summed E-state index contributed by atoms with van der Waals surface area (Å²) in [4.78, 5) is 19.2. The van der Waals surface area contributed by atoms with Crippen LogP contribution in [-0.4, -0.2) is 10.9 Å². The summed E-state index contributed by atoms with van der Waals surface area (Å²) in [6.07, 6.45) is 0. The molecule has 0 fully saturated rings. The lowest BCUT2D eigenvalue weighted by Crippen LogP contribution is -2.23. The Morgan fingerprint density at radius 2 is 1.93 bits per heavy atom. The molecule has 4 aromatic rings. The van der Waals surface area contributed by atoms with Crippen LogP contribution in [0.25, 0.3) is 22.6 Å². The lowest BCUT2D eigenvalue weighted by molar-refractivity contribution is 0.0996. The number of nitrogens with zero attached hydrogens (tertiary/aromatic N) is 2. The molecule has 1 aliphatic rings. The largest absolute Gasteiger partial charge is 0.436 e. The molecule has 0 bridgehead atoms. The van der Waals surface area contributed by atoms with Gasteiger partial charge in [0.25, 0.3) is 5.91 Å². The van der Waals surface area contributed by atoms with Gasteiger partial charge in [0.1, 0.15) is 5.52 Å². The van der Waals surface area contributed by atoms with Gasteiger partial charge in [0.05, 0.1) is 17.1 Å². The molecule has 28 heavy (non-hydrogen) atoms. The lowest BCUT2D eigenvalue weighted by Gasteiger charge is -2.16. The van der Waals surface area contributed by atoms with Gasteiger partial charge in [-0.1, -0.05) is 45.7 Å². The summed E-state index contributed by atoms with van der Waals surface area (Å²) in [7, 11) is 0. The average molecular weight is 454 g/mol. The molecule has 1 aliphatic heterocycles. The summed E-state index contributed by atoms with van der Waals surface area (Å²) in [6.45, 7) is 2.51. The van der Waals surface area contributed by atoms with Gasteiger partial charge in [0.2, 0.25) is 5.89 Å². The molecule has 6 heteroatoms. The van der Waals surface area contributed by atoms with E-state index in [1.54, 1.807) is 11.0 Å². The Bertz CT molecular complexity index is 1260. The zero-order chi connectivity index (χ0) is 19.4. The molecular weight excluding hydrogens is 440 g/mol. The first kappa shape index (κ1) is 17.5. The number of oxazole rings is 1. The van der Waals surface area contributed by atoms with Gasteiger partial charge in [0.15, 0.2) is 5.58 Å². The quantitative estimate of drug-likeness (QED) is 0.354. The second-order valence-electron chi connectivity index (χ2n) is 6.80. The highest BCUT2D eigenvalue weighted by atomic mass is 79.9. The number of aryl methyl sites for hydroxylation is 1. The highest BCUT2D eigenvalue weighted by molar-refractivity contribution is 9.10. The van der Waals surface area contributed by atoms with E-state index in [1.165, 1.54) is 0 Å². The van der Waals surface area contributed by atoms with Gasteiger partial charge in [-0.3, -0.25) is 4.79 Å². The zero-order valence-electron chi connectivity index (χ0n) is 14.9. The minimum atomic E-state index is 0.00750. The predicted molar refractivity (Wildman–Crippen MR) is 114 cm³/mol. The van der Waals surface area contributed by atoms with Crippen LogP contribution < -0.4 is 4.90 Å². The second-order valence-corrected chi connectivity index (χ2v) is 8.13. The third kappa shape index (κ3) is 2.74. The summed E-state index contributed by atoms with van der Waals surface area (Å²) in [5.41, 5.74) is 5.63. The van der Waals surface area contributed by atoms with E-state index in [0.29, 0.717) is 28.6 Å². The normalized spacial score (nSPS) is 13.4. The molecule has 0 atom stereocenters. The van der Waals surface area contributed by atoms with Gasteiger partial charge < -0.3 is 9.32 Å². The lowest BCUT2D eigenvalue weighted by atomic mass is 10.1. The van der Waals surface area contributed by atoms with Crippen molar-refractivity contribution in [3.8, 4) is 11.5 Å². The van der Waals surface area contributed by atoms with E-state index in [0.717, 1.165) is 32.4 Å². The molecule has 5 rings (SSSR count). The predicted octanol–water partition coefficient (Wildman–Crippen LogP) is 6.38. The zero-order valence-corrected chi connectivity index (χ0v) is 17.2. The van der Waals surface area contributed by atoms with Crippen molar-refractivity contribution >= 4 is 50.2 Å². The van der Waals surface area contributed by atoms with Gasteiger partial charge >= 0.3 is 0 Å². The van der Waals surface area contributed by atoms with E-state index in [-0.39, 0.29) is 5.91 Å². The van der Waals surface area contributed by atoms with Crippen molar-refractivity contribution in [1.29, 1.82) is 0 Å². The number of anilines is 1. The Balaban J connectivity index is 1.60. The molecular formula is C22H14BrClN2O2. The van der Waals surface area contributed by atoms with Crippen LogP contribution in [0.3, 0.4) is 0 Å². The molecule has 3 aromatic carbocycles. The topological polar surface area (TPSA) is 46.3 Å². The molecule has 1 aromatic heterocycles. The molecule has 0 radical (unpaired) electrons.